The van der Waals surface area contributed by atoms with Crippen molar-refractivity contribution in [3.63, 3.8) is 0 Å². The van der Waals surface area contributed by atoms with E-state index in [9.17, 15) is 24.0 Å². The summed E-state index contributed by atoms with van der Waals surface area (Å²) in [6.45, 7) is 0.412. The molecular weight excluding hydrogens is 428 g/mol. The van der Waals surface area contributed by atoms with Gasteiger partial charge in [-0.3, -0.25) is 34.2 Å². The minimum Gasteiger partial charge on any atom is -0.493 e. The number of benzene rings is 1. The summed E-state index contributed by atoms with van der Waals surface area (Å²) in [6.07, 6.45) is 8.14. The first-order valence-corrected chi connectivity index (χ1v) is 11.6. The van der Waals surface area contributed by atoms with Gasteiger partial charge in [0.25, 0.3) is 11.8 Å². The van der Waals surface area contributed by atoms with Crippen LogP contribution in [0, 0.1) is 0 Å². The Hall–Kier alpha value is -3.23. The van der Waals surface area contributed by atoms with Crippen LogP contribution < -0.4 is 10.1 Å². The average Bonchev–Trinajstić information content (AvgIpc) is 3.03. The number of carboxylic acids is 1. The van der Waals surface area contributed by atoms with Gasteiger partial charge in [-0.25, -0.2) is 0 Å². The molecule has 1 aromatic carbocycles. The summed E-state index contributed by atoms with van der Waals surface area (Å²) in [5.74, 6) is -2.56. The molecule has 0 saturated carbocycles. The SMILES string of the molecule is O=C(O)CCCCCCCCCCOc1cccc2c1C(=O)N(C1CCC(=O)NC1=O)C2=O. The third-order valence-electron chi connectivity index (χ3n) is 5.97. The van der Waals surface area contributed by atoms with Crippen molar-refractivity contribution in [2.45, 2.75) is 76.7 Å². The Labute approximate surface area is 192 Å². The van der Waals surface area contributed by atoms with Gasteiger partial charge in [0, 0.05) is 12.8 Å². The number of nitrogens with zero attached hydrogens (tertiary/aromatic N) is 1. The van der Waals surface area contributed by atoms with E-state index in [1.807, 2.05) is 0 Å². The first-order valence-electron chi connectivity index (χ1n) is 11.6. The first kappa shape index (κ1) is 24.4. The van der Waals surface area contributed by atoms with Gasteiger partial charge in [0.15, 0.2) is 0 Å². The van der Waals surface area contributed by atoms with E-state index in [1.165, 1.54) is 0 Å². The largest absolute Gasteiger partial charge is 0.493 e. The molecule has 0 aliphatic carbocycles. The summed E-state index contributed by atoms with van der Waals surface area (Å²) >= 11 is 0. The van der Waals surface area contributed by atoms with Crippen LogP contribution in [-0.4, -0.2) is 52.3 Å². The van der Waals surface area contributed by atoms with Crippen molar-refractivity contribution >= 4 is 29.6 Å². The van der Waals surface area contributed by atoms with Gasteiger partial charge in [-0.05, 0) is 31.4 Å². The molecule has 33 heavy (non-hydrogen) atoms. The number of ether oxygens (including phenoxy) is 1. The second-order valence-corrected chi connectivity index (χ2v) is 8.45. The van der Waals surface area contributed by atoms with Crippen molar-refractivity contribution in [1.82, 2.24) is 10.2 Å². The van der Waals surface area contributed by atoms with Crippen LogP contribution in [-0.2, 0) is 14.4 Å². The number of hydrogen-bond acceptors (Lipinski definition) is 6. The lowest BCUT2D eigenvalue weighted by Crippen LogP contribution is -2.54. The first-order chi connectivity index (χ1) is 15.9. The van der Waals surface area contributed by atoms with Crippen molar-refractivity contribution in [2.75, 3.05) is 6.61 Å². The maximum atomic E-state index is 13.0. The molecule has 9 heteroatoms. The normalized spacial score (nSPS) is 17.8. The number of aliphatic carboxylic acids is 1. The van der Waals surface area contributed by atoms with Crippen molar-refractivity contribution < 1.29 is 33.8 Å². The van der Waals surface area contributed by atoms with Gasteiger partial charge in [0.2, 0.25) is 11.8 Å². The Morgan fingerprint density at radius 3 is 2.30 bits per heavy atom. The fourth-order valence-electron chi connectivity index (χ4n) is 4.23. The van der Waals surface area contributed by atoms with Gasteiger partial charge in [0.1, 0.15) is 11.8 Å². The summed E-state index contributed by atoms with van der Waals surface area (Å²) in [6, 6.07) is 3.85. The molecule has 2 aliphatic heterocycles. The molecule has 1 fully saturated rings. The van der Waals surface area contributed by atoms with Gasteiger partial charge < -0.3 is 9.84 Å². The molecule has 2 N–H and O–H groups in total. The summed E-state index contributed by atoms with van der Waals surface area (Å²) < 4.78 is 5.82. The summed E-state index contributed by atoms with van der Waals surface area (Å²) in [5, 5.41) is 10.8. The number of carboxylic acid groups (broad SMARTS) is 1. The van der Waals surface area contributed by atoms with Crippen molar-refractivity contribution in [3.05, 3.63) is 29.3 Å². The number of imide groups is 2. The highest BCUT2D eigenvalue weighted by atomic mass is 16.5. The van der Waals surface area contributed by atoms with Crippen LogP contribution in [0.2, 0.25) is 0 Å². The average molecular weight is 459 g/mol. The van der Waals surface area contributed by atoms with Gasteiger partial charge in [-0.1, -0.05) is 44.6 Å². The molecule has 4 amide bonds. The molecular formula is C24H30N2O7. The predicted molar refractivity (Wildman–Crippen MR) is 118 cm³/mol. The second kappa shape index (κ2) is 11.6. The molecule has 9 nitrogen and oxygen atoms in total. The minimum absolute atomic E-state index is 0.0789. The van der Waals surface area contributed by atoms with Gasteiger partial charge in [-0.2, -0.15) is 0 Å². The summed E-state index contributed by atoms with van der Waals surface area (Å²) in [7, 11) is 0. The highest BCUT2D eigenvalue weighted by Crippen LogP contribution is 2.33. The van der Waals surface area contributed by atoms with Crippen LogP contribution in [0.3, 0.4) is 0 Å². The van der Waals surface area contributed by atoms with E-state index in [1.54, 1.807) is 18.2 Å². The highest BCUT2D eigenvalue weighted by molar-refractivity contribution is 6.24. The molecule has 1 unspecified atom stereocenters. The second-order valence-electron chi connectivity index (χ2n) is 8.45. The maximum absolute atomic E-state index is 13.0. The molecule has 3 rings (SSSR count). The molecule has 1 aromatic rings. The zero-order valence-electron chi connectivity index (χ0n) is 18.6. The molecule has 0 spiro atoms. The Morgan fingerprint density at radius 2 is 1.64 bits per heavy atom. The van der Waals surface area contributed by atoms with E-state index in [2.05, 4.69) is 5.32 Å². The van der Waals surface area contributed by atoms with Crippen LogP contribution in [0.5, 0.6) is 5.75 Å². The number of amides is 4. The lowest BCUT2D eigenvalue weighted by Gasteiger charge is -2.27. The van der Waals surface area contributed by atoms with Crippen molar-refractivity contribution in [2.24, 2.45) is 0 Å². The minimum atomic E-state index is -0.993. The number of carbonyl (C=O) groups excluding carboxylic acids is 4. The summed E-state index contributed by atoms with van der Waals surface area (Å²) in [4.78, 5) is 60.8. The lowest BCUT2D eigenvalue weighted by atomic mass is 10.0. The van der Waals surface area contributed by atoms with Crippen molar-refractivity contribution in [3.8, 4) is 5.75 Å². The monoisotopic (exact) mass is 458 g/mol. The fourth-order valence-corrected chi connectivity index (χ4v) is 4.23. The van der Waals surface area contributed by atoms with E-state index in [0.717, 1.165) is 56.3 Å². The maximum Gasteiger partial charge on any atom is 0.303 e. The van der Waals surface area contributed by atoms with Gasteiger partial charge in [0.05, 0.1) is 17.7 Å². The Kier molecular flexibility index (Phi) is 8.57. The van der Waals surface area contributed by atoms with E-state index in [-0.39, 0.29) is 30.4 Å². The Morgan fingerprint density at radius 1 is 0.970 bits per heavy atom. The third kappa shape index (κ3) is 6.18. The van der Waals surface area contributed by atoms with E-state index in [0.29, 0.717) is 12.4 Å². The topological polar surface area (TPSA) is 130 Å². The van der Waals surface area contributed by atoms with E-state index in [4.69, 9.17) is 9.84 Å². The molecule has 2 aliphatic rings. The molecule has 1 saturated heterocycles. The fraction of sp³-hybridized carbons (Fsp3) is 0.542. The highest BCUT2D eigenvalue weighted by Gasteiger charge is 2.45. The number of hydrogen-bond donors (Lipinski definition) is 2. The van der Waals surface area contributed by atoms with Crippen LogP contribution in [0.25, 0.3) is 0 Å². The third-order valence-corrected chi connectivity index (χ3v) is 5.97. The number of carbonyl (C=O) groups is 5. The number of piperidine rings is 1. The van der Waals surface area contributed by atoms with Gasteiger partial charge in [-0.15, -0.1) is 0 Å². The molecule has 0 aromatic heterocycles. The molecule has 178 valence electrons. The Bertz CT molecular complexity index is 927. The summed E-state index contributed by atoms with van der Waals surface area (Å²) in [5.41, 5.74) is 0.388. The molecule has 1 atom stereocenters. The standard InChI is InChI=1S/C24H30N2O7/c27-19-14-13-17(22(30)25-19)26-23(31)16-10-9-11-18(21(16)24(26)32)33-15-8-6-4-2-1-3-5-7-12-20(28)29/h9-11,17H,1-8,12-15H2,(H,28,29)(H,25,27,30). The molecule has 2 heterocycles. The molecule has 0 bridgehead atoms. The number of nitrogens with one attached hydrogen (secondary N) is 1. The zero-order valence-corrected chi connectivity index (χ0v) is 18.6. The zero-order chi connectivity index (χ0) is 23.8. The quantitative estimate of drug-likeness (QED) is 0.343. The smallest absolute Gasteiger partial charge is 0.303 e. The van der Waals surface area contributed by atoms with E-state index < -0.39 is 35.6 Å². The number of unbranched alkanes of at least 4 members (excludes halogenated alkanes) is 7. The van der Waals surface area contributed by atoms with Gasteiger partial charge >= 0.3 is 5.97 Å². The molecule has 0 radical (unpaired) electrons. The van der Waals surface area contributed by atoms with Crippen LogP contribution in [0.15, 0.2) is 18.2 Å². The van der Waals surface area contributed by atoms with Crippen LogP contribution in [0.1, 0.15) is 91.3 Å². The van der Waals surface area contributed by atoms with Crippen LogP contribution in [0.4, 0.5) is 0 Å². The van der Waals surface area contributed by atoms with E-state index >= 15 is 0 Å². The van der Waals surface area contributed by atoms with Crippen molar-refractivity contribution in [1.29, 1.82) is 0 Å². The Balaban J connectivity index is 1.44. The lowest BCUT2D eigenvalue weighted by molar-refractivity contribution is -0.138. The van der Waals surface area contributed by atoms with Crippen LogP contribution >= 0.6 is 0 Å². The number of fused-ring (bicyclic) bond motifs is 1. The predicted octanol–water partition coefficient (Wildman–Crippen LogP) is 3.06. The number of rotatable bonds is 13.